The second-order valence-electron chi connectivity index (χ2n) is 6.43. The Labute approximate surface area is 167 Å². The molecule has 0 aliphatic rings. The number of nitrogens with zero attached hydrogens (tertiary/aromatic N) is 3. The number of hydrogen-bond donors (Lipinski definition) is 1. The van der Waals surface area contributed by atoms with Gasteiger partial charge in [-0.15, -0.1) is 0 Å². The maximum absolute atomic E-state index is 12.5. The standard InChI is InChI=1S/C20H22N4O5/c1-4-23(11-13-7-5-6-8-16(13)24(26)27)12-19-21-15-10-18(29-3)17(28-2)9-14(15)20(25)22-19/h5-10H,4,11-12H2,1-3H3,(H,21,22,25). The monoisotopic (exact) mass is 398 g/mol. The van der Waals surface area contributed by atoms with Gasteiger partial charge in [0.25, 0.3) is 11.2 Å². The average Bonchev–Trinajstić information content (AvgIpc) is 2.72. The van der Waals surface area contributed by atoms with Crippen molar-refractivity contribution in [1.29, 1.82) is 0 Å². The summed E-state index contributed by atoms with van der Waals surface area (Å²) in [5.74, 6) is 1.40. The van der Waals surface area contributed by atoms with Gasteiger partial charge in [-0.05, 0) is 12.6 Å². The Morgan fingerprint density at radius 1 is 1.14 bits per heavy atom. The first-order chi connectivity index (χ1) is 14.0. The molecule has 29 heavy (non-hydrogen) atoms. The van der Waals surface area contributed by atoms with Crippen LogP contribution in [0.1, 0.15) is 18.3 Å². The van der Waals surface area contributed by atoms with E-state index in [1.807, 2.05) is 11.8 Å². The van der Waals surface area contributed by atoms with E-state index in [-0.39, 0.29) is 16.2 Å². The predicted octanol–water partition coefficient (Wildman–Crippen LogP) is 2.87. The second kappa shape index (κ2) is 8.70. The zero-order chi connectivity index (χ0) is 21.0. The van der Waals surface area contributed by atoms with Crippen LogP contribution >= 0.6 is 0 Å². The first-order valence-corrected chi connectivity index (χ1v) is 9.06. The molecule has 1 aromatic heterocycles. The third-order valence-corrected chi connectivity index (χ3v) is 4.66. The van der Waals surface area contributed by atoms with Crippen LogP contribution in [0.15, 0.2) is 41.2 Å². The minimum atomic E-state index is -0.390. The molecule has 152 valence electrons. The lowest BCUT2D eigenvalue weighted by Gasteiger charge is -2.20. The number of nitro benzene ring substituents is 1. The highest BCUT2D eigenvalue weighted by Gasteiger charge is 2.17. The van der Waals surface area contributed by atoms with Crippen LogP contribution < -0.4 is 15.0 Å². The lowest BCUT2D eigenvalue weighted by atomic mass is 10.1. The van der Waals surface area contributed by atoms with Gasteiger partial charge >= 0.3 is 0 Å². The number of nitrogens with one attached hydrogen (secondary N) is 1. The molecule has 0 amide bonds. The summed E-state index contributed by atoms with van der Waals surface area (Å²) < 4.78 is 10.5. The van der Waals surface area contributed by atoms with E-state index in [1.54, 1.807) is 30.3 Å². The first-order valence-electron chi connectivity index (χ1n) is 9.06. The zero-order valence-corrected chi connectivity index (χ0v) is 16.5. The molecular weight excluding hydrogens is 376 g/mol. The Kier molecular flexibility index (Phi) is 6.08. The third kappa shape index (κ3) is 4.35. The van der Waals surface area contributed by atoms with Crippen molar-refractivity contribution in [3.05, 3.63) is 68.3 Å². The van der Waals surface area contributed by atoms with Crippen molar-refractivity contribution in [2.75, 3.05) is 20.8 Å². The van der Waals surface area contributed by atoms with Gasteiger partial charge in [-0.3, -0.25) is 19.8 Å². The van der Waals surface area contributed by atoms with Crippen molar-refractivity contribution in [1.82, 2.24) is 14.9 Å². The minimum absolute atomic E-state index is 0.0720. The number of fused-ring (bicyclic) bond motifs is 1. The molecule has 0 aliphatic carbocycles. The summed E-state index contributed by atoms with van der Waals surface area (Å²) in [5, 5.41) is 11.7. The molecule has 9 nitrogen and oxygen atoms in total. The Morgan fingerprint density at radius 3 is 2.48 bits per heavy atom. The topological polar surface area (TPSA) is 111 Å². The van der Waals surface area contributed by atoms with Crippen LogP contribution in [0, 0.1) is 10.1 Å². The molecule has 0 unspecified atom stereocenters. The minimum Gasteiger partial charge on any atom is -0.493 e. The number of aromatic amines is 1. The van der Waals surface area contributed by atoms with Crippen LogP contribution in [-0.2, 0) is 13.1 Å². The van der Waals surface area contributed by atoms with Gasteiger partial charge in [0, 0.05) is 24.2 Å². The van der Waals surface area contributed by atoms with E-state index >= 15 is 0 Å². The molecule has 0 fully saturated rings. The van der Waals surface area contributed by atoms with Crippen molar-refractivity contribution in [2.24, 2.45) is 0 Å². The van der Waals surface area contributed by atoms with Gasteiger partial charge in [0.2, 0.25) is 0 Å². The fourth-order valence-corrected chi connectivity index (χ4v) is 3.14. The van der Waals surface area contributed by atoms with E-state index in [2.05, 4.69) is 9.97 Å². The van der Waals surface area contributed by atoms with Gasteiger partial charge in [-0.25, -0.2) is 4.98 Å². The Balaban J connectivity index is 1.92. The number of aromatic nitrogens is 2. The molecule has 0 aliphatic heterocycles. The molecule has 1 N–H and O–H groups in total. The number of ether oxygens (including phenoxy) is 2. The largest absolute Gasteiger partial charge is 0.493 e. The number of hydrogen-bond acceptors (Lipinski definition) is 7. The van der Waals surface area contributed by atoms with Crippen molar-refractivity contribution in [3.63, 3.8) is 0 Å². The Hall–Kier alpha value is -3.46. The molecule has 3 rings (SSSR count). The van der Waals surface area contributed by atoms with Crippen molar-refractivity contribution >= 4 is 16.6 Å². The SMILES string of the molecule is CCN(Cc1nc2cc(OC)c(OC)cc2c(=O)[nH]1)Cc1ccccc1[N+](=O)[O-]. The van der Waals surface area contributed by atoms with E-state index < -0.39 is 0 Å². The van der Waals surface area contributed by atoms with Crippen molar-refractivity contribution < 1.29 is 14.4 Å². The smallest absolute Gasteiger partial charge is 0.273 e. The maximum Gasteiger partial charge on any atom is 0.273 e. The Morgan fingerprint density at radius 2 is 1.83 bits per heavy atom. The van der Waals surface area contributed by atoms with Gasteiger partial charge in [0.15, 0.2) is 11.5 Å². The summed E-state index contributed by atoms with van der Waals surface area (Å²) >= 11 is 0. The van der Waals surface area contributed by atoms with Crippen LogP contribution in [0.2, 0.25) is 0 Å². The van der Waals surface area contributed by atoms with Crippen LogP contribution in [0.4, 0.5) is 5.69 Å². The Bertz CT molecular complexity index is 1100. The van der Waals surface area contributed by atoms with E-state index in [0.717, 1.165) is 0 Å². The van der Waals surface area contributed by atoms with E-state index in [0.29, 0.717) is 53.4 Å². The van der Waals surface area contributed by atoms with Gasteiger partial charge in [0.05, 0.1) is 36.6 Å². The van der Waals surface area contributed by atoms with E-state index in [1.165, 1.54) is 20.3 Å². The molecule has 0 saturated heterocycles. The lowest BCUT2D eigenvalue weighted by molar-refractivity contribution is -0.385. The van der Waals surface area contributed by atoms with E-state index in [4.69, 9.17) is 9.47 Å². The van der Waals surface area contributed by atoms with Crippen LogP contribution in [0.3, 0.4) is 0 Å². The summed E-state index contributed by atoms with van der Waals surface area (Å²) in [6.45, 7) is 3.27. The number of rotatable bonds is 8. The number of nitro groups is 1. The predicted molar refractivity (Wildman–Crippen MR) is 108 cm³/mol. The third-order valence-electron chi connectivity index (χ3n) is 4.66. The molecule has 2 aromatic carbocycles. The molecule has 0 atom stereocenters. The molecule has 1 heterocycles. The van der Waals surface area contributed by atoms with Crippen molar-refractivity contribution in [2.45, 2.75) is 20.0 Å². The number of H-pyrrole nitrogens is 1. The highest BCUT2D eigenvalue weighted by Crippen LogP contribution is 2.30. The summed E-state index contributed by atoms with van der Waals surface area (Å²) in [5.41, 5.74) is 0.882. The van der Waals surface area contributed by atoms with Gasteiger partial charge in [0.1, 0.15) is 5.82 Å². The lowest BCUT2D eigenvalue weighted by Crippen LogP contribution is -2.25. The highest BCUT2D eigenvalue weighted by molar-refractivity contribution is 5.81. The van der Waals surface area contributed by atoms with E-state index in [9.17, 15) is 14.9 Å². The van der Waals surface area contributed by atoms with Crippen LogP contribution in [0.25, 0.3) is 10.9 Å². The summed E-state index contributed by atoms with van der Waals surface area (Å²) in [7, 11) is 3.02. The quantitative estimate of drug-likeness (QED) is 0.459. The molecule has 0 saturated carbocycles. The molecule has 0 radical (unpaired) electrons. The average molecular weight is 398 g/mol. The summed E-state index contributed by atoms with van der Waals surface area (Å²) in [6.07, 6.45) is 0. The van der Waals surface area contributed by atoms with Crippen molar-refractivity contribution in [3.8, 4) is 11.5 Å². The fourth-order valence-electron chi connectivity index (χ4n) is 3.14. The molecule has 9 heteroatoms. The highest BCUT2D eigenvalue weighted by atomic mass is 16.6. The first kappa shape index (κ1) is 20.3. The molecule has 0 bridgehead atoms. The van der Waals surface area contributed by atoms with Crippen LogP contribution in [0.5, 0.6) is 11.5 Å². The van der Waals surface area contributed by atoms with Gasteiger partial charge < -0.3 is 14.5 Å². The summed E-state index contributed by atoms with van der Waals surface area (Å²) in [4.78, 5) is 32.7. The fraction of sp³-hybridized carbons (Fsp3) is 0.300. The molecule has 3 aromatic rings. The van der Waals surface area contributed by atoms with Crippen LogP contribution in [-0.4, -0.2) is 40.6 Å². The molecule has 0 spiro atoms. The zero-order valence-electron chi connectivity index (χ0n) is 16.5. The summed E-state index contributed by atoms with van der Waals surface area (Å²) in [6, 6.07) is 9.88. The normalized spacial score (nSPS) is 11.0. The van der Waals surface area contributed by atoms with Gasteiger partial charge in [-0.1, -0.05) is 25.1 Å². The van der Waals surface area contributed by atoms with Gasteiger partial charge in [-0.2, -0.15) is 0 Å². The number of benzene rings is 2. The maximum atomic E-state index is 12.5. The number of methoxy groups -OCH3 is 2. The number of para-hydroxylation sites is 1. The second-order valence-corrected chi connectivity index (χ2v) is 6.43. The molecular formula is C20H22N4O5.